The number of piperazine rings is 1. The number of methoxy groups -OCH3 is 1. The van der Waals surface area contributed by atoms with Crippen molar-refractivity contribution >= 4 is 44.0 Å². The summed E-state index contributed by atoms with van der Waals surface area (Å²) in [5, 5.41) is 26.6. The van der Waals surface area contributed by atoms with Crippen LogP contribution in [0.1, 0.15) is 136 Å². The lowest BCUT2D eigenvalue weighted by Crippen LogP contribution is -2.60. The third kappa shape index (κ3) is 11.3. The maximum Gasteiger partial charge on any atom is 0.293 e. The quantitative estimate of drug-likeness (QED) is 0.0528. The Labute approximate surface area is 458 Å². The summed E-state index contributed by atoms with van der Waals surface area (Å²) >= 11 is 0. The molecule has 3 atom stereocenters. The molecule has 1 amide bonds. The van der Waals surface area contributed by atoms with E-state index in [2.05, 4.69) is 97.1 Å². The van der Waals surface area contributed by atoms with Crippen molar-refractivity contribution < 1.29 is 32.7 Å². The number of rotatable bonds is 16. The molecule has 11 rings (SSSR count). The van der Waals surface area contributed by atoms with E-state index in [1.807, 2.05) is 19.1 Å². The van der Waals surface area contributed by atoms with Gasteiger partial charge in [-0.25, -0.2) is 18.1 Å². The van der Waals surface area contributed by atoms with E-state index in [9.17, 15) is 28.4 Å². The molecule has 17 heteroatoms. The second-order valence-corrected chi connectivity index (χ2v) is 25.3. The number of nitro groups is 1. The smallest absolute Gasteiger partial charge is 0.293 e. The molecule has 5 fully saturated rings. The number of H-pyrrole nitrogens is 1. The first-order valence-corrected chi connectivity index (χ1v) is 29.6. The minimum Gasteiger partial charge on any atom is -0.497 e. The average molecular weight is 1080 g/mol. The fourth-order valence-corrected chi connectivity index (χ4v) is 14.5. The minimum atomic E-state index is -4.59. The normalized spacial score (nSPS) is 24.1. The van der Waals surface area contributed by atoms with Crippen LogP contribution in [-0.4, -0.2) is 108 Å². The van der Waals surface area contributed by atoms with Gasteiger partial charge >= 0.3 is 0 Å². The zero-order valence-corrected chi connectivity index (χ0v) is 46.1. The van der Waals surface area contributed by atoms with Crippen LogP contribution in [0, 0.1) is 21.4 Å². The number of fused-ring (bicyclic) bond motifs is 1. The number of aromatic amines is 1. The number of pyridine rings is 1. The molecule has 2 saturated heterocycles. The number of ether oxygens (including phenoxy) is 2. The van der Waals surface area contributed by atoms with Crippen molar-refractivity contribution in [3.63, 3.8) is 0 Å². The van der Waals surface area contributed by atoms with Crippen LogP contribution in [0.15, 0.2) is 114 Å². The Morgan fingerprint density at radius 3 is 2.41 bits per heavy atom. The van der Waals surface area contributed by atoms with E-state index >= 15 is 0 Å². The third-order valence-corrected chi connectivity index (χ3v) is 19.5. The van der Waals surface area contributed by atoms with Gasteiger partial charge in [-0.15, -0.1) is 0 Å². The van der Waals surface area contributed by atoms with Gasteiger partial charge in [0.1, 0.15) is 28.6 Å². The number of aromatic nitrogens is 2. The molecule has 4 heterocycles. The van der Waals surface area contributed by atoms with Crippen LogP contribution in [0.2, 0.25) is 0 Å². The Bertz CT molecular complexity index is 3250. The maximum absolute atomic E-state index is 14.2. The van der Waals surface area contributed by atoms with Crippen LogP contribution in [-0.2, 0) is 10.0 Å². The number of benzene rings is 4. The van der Waals surface area contributed by atoms with Crippen LogP contribution >= 0.6 is 0 Å². The van der Waals surface area contributed by atoms with Crippen molar-refractivity contribution in [3.8, 4) is 17.2 Å². The summed E-state index contributed by atoms with van der Waals surface area (Å²) in [5.74, 6) is 1.67. The Morgan fingerprint density at radius 1 is 0.897 bits per heavy atom. The van der Waals surface area contributed by atoms with Gasteiger partial charge in [-0.2, -0.15) is 0 Å². The summed E-state index contributed by atoms with van der Waals surface area (Å²) < 4.78 is 41.8. The SMILES string of the molecule is COc1ccc(C2CCC(N3CCN(C4CC5(CCN(c6ccc(C(=O)NS(=O)(=O)c7ccc(NCC8CCC(C)(O)CC8)c([N+](=O)[O-])c7)c(Oc7cnc8[nH]ccc8c7)c6)CC5)C4)C(c4ccccc4C(C)C)C3)C2)cc1. The minimum absolute atomic E-state index is 0.0234. The highest BCUT2D eigenvalue weighted by Crippen LogP contribution is 2.54. The molecule has 78 heavy (non-hydrogen) atoms. The molecule has 1 spiro atoms. The summed E-state index contributed by atoms with van der Waals surface area (Å²) in [6.45, 7) is 11.7. The van der Waals surface area contributed by atoms with Crippen LogP contribution in [0.4, 0.5) is 17.1 Å². The maximum atomic E-state index is 14.2. The topological polar surface area (TPSA) is 195 Å². The third-order valence-electron chi connectivity index (χ3n) is 18.2. The summed E-state index contributed by atoms with van der Waals surface area (Å²) in [7, 11) is -2.87. The highest BCUT2D eigenvalue weighted by atomic mass is 32.2. The molecule has 6 aromatic rings. The predicted molar refractivity (Wildman–Crippen MR) is 303 cm³/mol. The Kier molecular flexibility index (Phi) is 15.0. The molecule has 0 radical (unpaired) electrons. The van der Waals surface area contributed by atoms with E-state index in [0.717, 1.165) is 94.1 Å². The number of sulfonamides is 1. The molecule has 2 aromatic heterocycles. The van der Waals surface area contributed by atoms with Crippen molar-refractivity contribution in [1.82, 2.24) is 24.5 Å². The molecular weight excluding hydrogens is 1000 g/mol. The van der Waals surface area contributed by atoms with Crippen molar-refractivity contribution in [2.45, 2.75) is 132 Å². The number of hydrogen-bond donors (Lipinski definition) is 4. The van der Waals surface area contributed by atoms with Crippen LogP contribution in [0.25, 0.3) is 11.0 Å². The molecule has 4 N–H and O–H groups in total. The number of carbonyl (C=O) groups is 1. The molecule has 5 aliphatic rings. The number of carbonyl (C=O) groups excluding carboxylic acids is 1. The standard InChI is InChI=1S/C61H74N8O8S/c1-40(2)51-7-5-6-8-52(51)56-39-67(45-12-9-43(31-45)42-10-14-48(76-4)15-11-42)29-30-68(56)47-35-61(36-47)24-27-66(28-25-61)46-13-17-53(57(33-46)77-49-32-44-21-26-62-58(44)64-38-49)59(70)65-78(74,75)50-16-18-54(55(34-50)69(72)73)63-37-41-19-22-60(3,71)23-20-41/h5-8,10-11,13-18,21,26,32-34,38,40-41,43,45,47,56,63,71H,9,12,19-20,22-25,27-31,35-37,39H2,1-4H3,(H,62,64)(H,65,70). The van der Waals surface area contributed by atoms with Crippen molar-refractivity contribution in [2.24, 2.45) is 11.3 Å². The van der Waals surface area contributed by atoms with Crippen molar-refractivity contribution in [2.75, 3.05) is 56.6 Å². The van der Waals surface area contributed by atoms with Gasteiger partial charge in [0.05, 0.1) is 34.3 Å². The average Bonchev–Trinajstić information content (AvgIpc) is 4.25. The molecule has 3 aliphatic carbocycles. The number of hydrogen-bond acceptors (Lipinski definition) is 13. The van der Waals surface area contributed by atoms with E-state index in [4.69, 9.17) is 9.47 Å². The van der Waals surface area contributed by atoms with E-state index in [1.165, 1.54) is 48.1 Å². The van der Waals surface area contributed by atoms with Crippen molar-refractivity contribution in [3.05, 3.63) is 142 Å². The Balaban J connectivity index is 0.770. The van der Waals surface area contributed by atoms with Gasteiger partial charge in [-0.1, -0.05) is 50.2 Å². The highest BCUT2D eigenvalue weighted by molar-refractivity contribution is 7.90. The van der Waals surface area contributed by atoms with Gasteiger partial charge in [-0.3, -0.25) is 24.7 Å². The number of nitro benzene ring substituents is 1. The van der Waals surface area contributed by atoms with Crippen LogP contribution in [0.5, 0.6) is 17.2 Å². The number of anilines is 2. The lowest BCUT2D eigenvalue weighted by atomic mass is 9.59. The first kappa shape index (κ1) is 53.5. The van der Waals surface area contributed by atoms with Gasteiger partial charge < -0.3 is 29.8 Å². The summed E-state index contributed by atoms with van der Waals surface area (Å²) in [6, 6.07) is 31.7. The zero-order valence-electron chi connectivity index (χ0n) is 45.3. The molecular formula is C61H74N8O8S. The molecule has 4 aromatic carbocycles. The van der Waals surface area contributed by atoms with Gasteiger partial charge in [0.25, 0.3) is 21.6 Å². The number of piperidine rings is 1. The van der Waals surface area contributed by atoms with E-state index in [1.54, 1.807) is 37.7 Å². The van der Waals surface area contributed by atoms with E-state index < -0.39 is 37.0 Å². The van der Waals surface area contributed by atoms with E-state index in [0.29, 0.717) is 60.7 Å². The second kappa shape index (κ2) is 22.0. The van der Waals surface area contributed by atoms with Gasteiger partial charge in [0, 0.05) is 86.8 Å². The first-order chi connectivity index (χ1) is 37.5. The first-order valence-electron chi connectivity index (χ1n) is 28.1. The molecule has 3 unspecified atom stereocenters. The highest BCUT2D eigenvalue weighted by Gasteiger charge is 2.51. The van der Waals surface area contributed by atoms with Gasteiger partial charge in [0.15, 0.2) is 0 Å². The molecule has 16 nitrogen and oxygen atoms in total. The summed E-state index contributed by atoms with van der Waals surface area (Å²) in [6.07, 6.45) is 14.1. The fourth-order valence-electron chi connectivity index (χ4n) is 13.5. The predicted octanol–water partition coefficient (Wildman–Crippen LogP) is 11.3. The fraction of sp³-hybridized carbons (Fsp3) is 0.475. The van der Waals surface area contributed by atoms with E-state index in [-0.39, 0.29) is 28.3 Å². The molecule has 2 aliphatic heterocycles. The summed E-state index contributed by atoms with van der Waals surface area (Å²) in [5.41, 5.74) is 5.11. The number of aliphatic hydroxyl groups is 1. The molecule has 0 bridgehead atoms. The summed E-state index contributed by atoms with van der Waals surface area (Å²) in [4.78, 5) is 40.9. The van der Waals surface area contributed by atoms with Crippen LogP contribution in [0.3, 0.4) is 0 Å². The monoisotopic (exact) mass is 1080 g/mol. The largest absolute Gasteiger partial charge is 0.497 e. The van der Waals surface area contributed by atoms with Gasteiger partial charge in [-0.05, 0) is 166 Å². The molecule has 412 valence electrons. The number of amides is 1. The Morgan fingerprint density at radius 2 is 1.67 bits per heavy atom. The van der Waals surface area contributed by atoms with Crippen molar-refractivity contribution in [1.29, 1.82) is 0 Å². The van der Waals surface area contributed by atoms with Crippen LogP contribution < -0.4 is 24.4 Å². The Hall–Kier alpha value is -6.53. The number of nitrogens with one attached hydrogen (secondary N) is 3. The van der Waals surface area contributed by atoms with Gasteiger partial charge in [0.2, 0.25) is 0 Å². The lowest BCUT2D eigenvalue weighted by molar-refractivity contribution is -0.384. The number of nitrogens with zero attached hydrogens (tertiary/aromatic N) is 5. The zero-order chi connectivity index (χ0) is 54.3. The lowest BCUT2D eigenvalue weighted by Gasteiger charge is -2.58. The molecule has 3 saturated carbocycles. The second-order valence-electron chi connectivity index (χ2n) is 23.6.